The van der Waals surface area contributed by atoms with Crippen LogP contribution in [-0.2, 0) is 20.0 Å². The fraction of sp³-hybridized carbons (Fsp3) is 0.312. The summed E-state index contributed by atoms with van der Waals surface area (Å²) in [4.78, 5) is 28.3. The number of rotatable bonds is 8. The third kappa shape index (κ3) is 5.06. The zero-order valence-electron chi connectivity index (χ0n) is 22.7. The molecule has 1 N–H and O–H groups in total. The lowest BCUT2D eigenvalue weighted by Crippen LogP contribution is -2.51. The first-order valence-electron chi connectivity index (χ1n) is 13.3. The fourth-order valence-corrected chi connectivity index (χ4v) is 6.29. The van der Waals surface area contributed by atoms with Crippen molar-refractivity contribution in [3.63, 3.8) is 0 Å². The number of carbonyl (C=O) groups excluding carboxylic acids is 1. The molecule has 1 fully saturated rings. The molecule has 1 amide bonds. The Morgan fingerprint density at radius 3 is 2.24 bits per heavy atom. The molecule has 3 aromatic rings. The van der Waals surface area contributed by atoms with Crippen molar-refractivity contribution in [3.05, 3.63) is 111 Å². The molecule has 0 aliphatic carbocycles. The second-order valence-electron chi connectivity index (χ2n) is 10.4. The molecule has 9 heteroatoms. The van der Waals surface area contributed by atoms with Gasteiger partial charge in [0.2, 0.25) is 0 Å². The summed E-state index contributed by atoms with van der Waals surface area (Å²) in [5.74, 6) is -3.37. The first-order chi connectivity index (χ1) is 19.6. The summed E-state index contributed by atoms with van der Waals surface area (Å²) in [6.45, 7) is 6.92. The zero-order chi connectivity index (χ0) is 29.5. The SMILES string of the molecule is C=C(c1cc(F)c2c(c1)C(=O)N([C@H](c1ccc(Cl)cc1)[C@H](C)C(=O)O)[C@@]2(OC)c1ccc(Cl)cc1)C1CCOCC1. The van der Waals surface area contributed by atoms with Crippen molar-refractivity contribution in [1.82, 2.24) is 4.90 Å². The third-order valence-corrected chi connectivity index (χ3v) is 8.69. The monoisotopic (exact) mass is 597 g/mol. The molecule has 0 aromatic heterocycles. The first kappa shape index (κ1) is 29.3. The van der Waals surface area contributed by atoms with Crippen molar-refractivity contribution in [3.8, 4) is 0 Å². The van der Waals surface area contributed by atoms with Crippen molar-refractivity contribution >= 4 is 40.7 Å². The van der Waals surface area contributed by atoms with Crippen molar-refractivity contribution in [2.45, 2.75) is 31.5 Å². The Labute approximate surface area is 248 Å². The van der Waals surface area contributed by atoms with Crippen LogP contribution in [0.2, 0.25) is 10.0 Å². The Kier molecular flexibility index (Phi) is 8.26. The molecule has 6 nitrogen and oxygen atoms in total. The van der Waals surface area contributed by atoms with Crippen LogP contribution in [0, 0.1) is 17.7 Å². The number of methoxy groups -OCH3 is 1. The fourth-order valence-electron chi connectivity index (χ4n) is 6.04. The molecule has 0 unspecified atom stereocenters. The molecule has 0 radical (unpaired) electrons. The predicted molar refractivity (Wildman–Crippen MR) is 155 cm³/mol. The second-order valence-corrected chi connectivity index (χ2v) is 11.3. The van der Waals surface area contributed by atoms with Crippen LogP contribution in [-0.4, -0.2) is 42.2 Å². The van der Waals surface area contributed by atoms with Gasteiger partial charge in [-0.2, -0.15) is 0 Å². The number of carboxylic acids is 1. The maximum atomic E-state index is 16.5. The Morgan fingerprint density at radius 2 is 1.68 bits per heavy atom. The molecule has 0 saturated carbocycles. The lowest BCUT2D eigenvalue weighted by atomic mass is 9.85. The number of carbonyl (C=O) groups is 2. The molecule has 1 saturated heterocycles. The smallest absolute Gasteiger partial charge is 0.308 e. The Morgan fingerprint density at radius 1 is 1.10 bits per heavy atom. The van der Waals surface area contributed by atoms with E-state index < -0.39 is 35.4 Å². The summed E-state index contributed by atoms with van der Waals surface area (Å²) in [6.07, 6.45) is 1.50. The molecule has 41 heavy (non-hydrogen) atoms. The van der Waals surface area contributed by atoms with Crippen LogP contribution in [0.5, 0.6) is 0 Å². The Bertz CT molecular complexity index is 1490. The van der Waals surface area contributed by atoms with Gasteiger partial charge in [0.1, 0.15) is 5.82 Å². The van der Waals surface area contributed by atoms with Gasteiger partial charge in [-0.15, -0.1) is 0 Å². The van der Waals surface area contributed by atoms with Gasteiger partial charge in [0, 0.05) is 35.9 Å². The van der Waals surface area contributed by atoms with Crippen molar-refractivity contribution in [2.24, 2.45) is 11.8 Å². The first-order valence-corrected chi connectivity index (χ1v) is 14.1. The van der Waals surface area contributed by atoms with E-state index >= 15 is 4.39 Å². The number of amides is 1. The van der Waals surface area contributed by atoms with Crippen molar-refractivity contribution in [1.29, 1.82) is 0 Å². The largest absolute Gasteiger partial charge is 0.481 e. The minimum Gasteiger partial charge on any atom is -0.481 e. The number of hydrogen-bond donors (Lipinski definition) is 1. The van der Waals surface area contributed by atoms with Gasteiger partial charge in [0.25, 0.3) is 5.91 Å². The summed E-state index contributed by atoms with van der Waals surface area (Å²) >= 11 is 12.3. The van der Waals surface area contributed by atoms with E-state index in [-0.39, 0.29) is 17.0 Å². The van der Waals surface area contributed by atoms with Crippen LogP contribution < -0.4 is 0 Å². The van der Waals surface area contributed by atoms with Crippen LogP contribution in [0.1, 0.15) is 58.4 Å². The van der Waals surface area contributed by atoms with Crippen LogP contribution in [0.15, 0.2) is 67.2 Å². The summed E-state index contributed by atoms with van der Waals surface area (Å²) in [5.41, 5.74) is 0.459. The summed E-state index contributed by atoms with van der Waals surface area (Å²) in [6, 6.07) is 15.1. The van der Waals surface area contributed by atoms with Gasteiger partial charge >= 0.3 is 5.97 Å². The van der Waals surface area contributed by atoms with Gasteiger partial charge < -0.3 is 14.6 Å². The topological polar surface area (TPSA) is 76.1 Å². The maximum Gasteiger partial charge on any atom is 0.308 e. The highest BCUT2D eigenvalue weighted by molar-refractivity contribution is 6.30. The molecule has 0 spiro atoms. The third-order valence-electron chi connectivity index (χ3n) is 8.19. The minimum atomic E-state index is -1.80. The number of carboxylic acid groups (broad SMARTS) is 1. The minimum absolute atomic E-state index is 0.00685. The number of nitrogens with zero attached hydrogens (tertiary/aromatic N) is 1. The summed E-state index contributed by atoms with van der Waals surface area (Å²) in [5, 5.41) is 11.1. The van der Waals surface area contributed by atoms with Crippen LogP contribution in [0.3, 0.4) is 0 Å². The van der Waals surface area contributed by atoms with E-state index in [0.717, 1.165) is 18.4 Å². The van der Waals surface area contributed by atoms with Gasteiger partial charge in [0.05, 0.1) is 23.1 Å². The van der Waals surface area contributed by atoms with E-state index in [1.54, 1.807) is 54.6 Å². The predicted octanol–water partition coefficient (Wildman–Crippen LogP) is 7.34. The van der Waals surface area contributed by atoms with Gasteiger partial charge in [-0.25, -0.2) is 4.39 Å². The molecule has 3 aromatic carbocycles. The highest BCUT2D eigenvalue weighted by Gasteiger charge is 2.57. The average Bonchev–Trinajstić information content (AvgIpc) is 3.23. The van der Waals surface area contributed by atoms with Crippen LogP contribution in [0.4, 0.5) is 4.39 Å². The van der Waals surface area contributed by atoms with E-state index in [0.29, 0.717) is 39.9 Å². The zero-order valence-corrected chi connectivity index (χ0v) is 24.2. The number of aliphatic carboxylic acids is 1. The van der Waals surface area contributed by atoms with E-state index in [1.807, 2.05) is 0 Å². The lowest BCUT2D eigenvalue weighted by Gasteiger charge is -2.44. The maximum absolute atomic E-state index is 16.5. The molecule has 3 atom stereocenters. The van der Waals surface area contributed by atoms with Gasteiger partial charge in [-0.3, -0.25) is 14.5 Å². The molecule has 214 valence electrons. The molecule has 2 aliphatic rings. The summed E-state index contributed by atoms with van der Waals surface area (Å²) < 4.78 is 28.1. The summed E-state index contributed by atoms with van der Waals surface area (Å²) in [7, 11) is 1.38. The Balaban J connectivity index is 1.76. The van der Waals surface area contributed by atoms with E-state index in [1.165, 1.54) is 25.0 Å². The van der Waals surface area contributed by atoms with E-state index in [2.05, 4.69) is 6.58 Å². The van der Waals surface area contributed by atoms with Crippen LogP contribution >= 0.6 is 23.2 Å². The molecular formula is C32H30Cl2FNO5. The average molecular weight is 598 g/mol. The number of halogens is 3. The van der Waals surface area contributed by atoms with E-state index in [4.69, 9.17) is 32.7 Å². The molecule has 5 rings (SSSR count). The number of benzene rings is 3. The van der Waals surface area contributed by atoms with Crippen molar-refractivity contribution in [2.75, 3.05) is 20.3 Å². The number of hydrogen-bond acceptors (Lipinski definition) is 4. The number of ether oxygens (including phenoxy) is 2. The molecule has 0 bridgehead atoms. The number of allylic oxidation sites excluding steroid dienone is 1. The molecular weight excluding hydrogens is 568 g/mol. The van der Waals surface area contributed by atoms with Gasteiger partial charge in [-0.1, -0.05) is 54.0 Å². The lowest BCUT2D eigenvalue weighted by molar-refractivity contribution is -0.149. The quantitative estimate of drug-likeness (QED) is 0.294. The highest BCUT2D eigenvalue weighted by atomic mass is 35.5. The van der Waals surface area contributed by atoms with E-state index in [9.17, 15) is 14.7 Å². The van der Waals surface area contributed by atoms with Gasteiger partial charge in [-0.05, 0) is 78.8 Å². The van der Waals surface area contributed by atoms with Crippen molar-refractivity contribution < 1.29 is 28.6 Å². The highest BCUT2D eigenvalue weighted by Crippen LogP contribution is 2.52. The molecule has 2 heterocycles. The Hall–Kier alpha value is -3.23. The number of fused-ring (bicyclic) bond motifs is 1. The normalized spacial score (nSPS) is 20.5. The second kappa shape index (κ2) is 11.6. The molecule has 2 aliphatic heterocycles. The van der Waals surface area contributed by atoms with Crippen LogP contribution in [0.25, 0.3) is 5.57 Å². The standard InChI is InChI=1S/C32H30Cl2FNO5/c1-18(20-12-14-41-15-13-20)22-16-26-28(27(35)17-22)32(40-3,23-6-10-25(34)11-7-23)36(30(26)37)29(19(2)31(38)39)21-4-8-24(33)9-5-21/h4-11,16-17,19-20,29H,1,12-15H2,2-3H3,(H,38,39)/t19-,29-,32+/m0/s1. The van der Waals surface area contributed by atoms with Gasteiger partial charge in [0.15, 0.2) is 5.72 Å².